The van der Waals surface area contributed by atoms with Crippen LogP contribution < -0.4 is 15.4 Å². The van der Waals surface area contributed by atoms with Crippen LogP contribution in [0.2, 0.25) is 0 Å². The monoisotopic (exact) mass is 393 g/mol. The maximum absolute atomic E-state index is 7.67. The number of fused-ring (bicyclic) bond motifs is 1. The van der Waals surface area contributed by atoms with Gasteiger partial charge in [0.25, 0.3) is 0 Å². The average Bonchev–Trinajstić information content (AvgIpc) is 2.71. The fraction of sp³-hybridized carbons (Fsp3) is 0.478. The number of hydrogen-bond acceptors (Lipinski definition) is 4. The second kappa shape index (κ2) is 8.31. The van der Waals surface area contributed by atoms with E-state index in [0.717, 1.165) is 62.6 Å². The van der Waals surface area contributed by atoms with E-state index >= 15 is 0 Å². The number of nitrogens with two attached hydrogens (primary N) is 1. The third-order valence-corrected chi connectivity index (χ3v) is 6.06. The van der Waals surface area contributed by atoms with Crippen molar-refractivity contribution >= 4 is 11.6 Å². The number of aromatic nitrogens is 1. The van der Waals surface area contributed by atoms with Crippen molar-refractivity contribution in [1.82, 2.24) is 9.88 Å². The van der Waals surface area contributed by atoms with Crippen LogP contribution in [0.3, 0.4) is 0 Å². The molecule has 0 amide bonds. The van der Waals surface area contributed by atoms with Gasteiger partial charge >= 0.3 is 0 Å². The van der Waals surface area contributed by atoms with Crippen LogP contribution in [0.5, 0.6) is 5.75 Å². The SMILES string of the molecule is Cc1cc(N2CCC(COc3ccc4c(c3)CN(C(=N)N)CC4)CC2)cc(C)n1. The Balaban J connectivity index is 1.31. The highest BCUT2D eigenvalue weighted by Crippen LogP contribution is 2.27. The summed E-state index contributed by atoms with van der Waals surface area (Å²) in [6.45, 7) is 8.53. The van der Waals surface area contributed by atoms with Crippen molar-refractivity contribution < 1.29 is 4.74 Å². The molecule has 0 aliphatic carbocycles. The minimum absolute atomic E-state index is 0.147. The third kappa shape index (κ3) is 4.63. The van der Waals surface area contributed by atoms with E-state index in [9.17, 15) is 0 Å². The molecule has 0 unspecified atom stereocenters. The lowest BCUT2D eigenvalue weighted by Crippen LogP contribution is -2.40. The minimum Gasteiger partial charge on any atom is -0.493 e. The molecule has 6 nitrogen and oxygen atoms in total. The Labute approximate surface area is 173 Å². The van der Waals surface area contributed by atoms with Crippen LogP contribution in [0.1, 0.15) is 35.4 Å². The minimum atomic E-state index is 0.147. The van der Waals surface area contributed by atoms with Gasteiger partial charge in [-0.05, 0) is 74.4 Å². The van der Waals surface area contributed by atoms with Gasteiger partial charge in [0.1, 0.15) is 5.75 Å². The lowest BCUT2D eigenvalue weighted by Gasteiger charge is -2.34. The van der Waals surface area contributed by atoms with E-state index in [1.807, 2.05) is 4.90 Å². The number of pyridine rings is 1. The lowest BCUT2D eigenvalue weighted by atomic mass is 9.97. The number of benzene rings is 1. The van der Waals surface area contributed by atoms with E-state index < -0.39 is 0 Å². The van der Waals surface area contributed by atoms with Crippen LogP contribution in [-0.2, 0) is 13.0 Å². The molecule has 1 fully saturated rings. The van der Waals surface area contributed by atoms with Crippen LogP contribution in [0.4, 0.5) is 5.69 Å². The summed E-state index contributed by atoms with van der Waals surface area (Å²) in [6, 6.07) is 10.7. The highest BCUT2D eigenvalue weighted by molar-refractivity contribution is 5.75. The Morgan fingerprint density at radius 1 is 1.10 bits per heavy atom. The summed E-state index contributed by atoms with van der Waals surface area (Å²) < 4.78 is 6.15. The first-order valence-electron chi connectivity index (χ1n) is 10.5. The van der Waals surface area contributed by atoms with Crippen LogP contribution in [0.15, 0.2) is 30.3 Å². The van der Waals surface area contributed by atoms with Crippen molar-refractivity contribution in [2.24, 2.45) is 11.7 Å². The van der Waals surface area contributed by atoms with Crippen molar-refractivity contribution in [3.05, 3.63) is 52.8 Å². The Hall–Kier alpha value is -2.76. The van der Waals surface area contributed by atoms with Gasteiger partial charge in [-0.25, -0.2) is 0 Å². The molecular weight excluding hydrogens is 362 g/mol. The Morgan fingerprint density at radius 2 is 1.83 bits per heavy atom. The molecule has 6 heteroatoms. The van der Waals surface area contributed by atoms with Crippen LogP contribution in [0, 0.1) is 25.2 Å². The molecule has 1 aromatic heterocycles. The van der Waals surface area contributed by atoms with Gasteiger partial charge in [-0.2, -0.15) is 0 Å². The van der Waals surface area contributed by atoms with E-state index in [0.29, 0.717) is 12.5 Å². The zero-order valence-corrected chi connectivity index (χ0v) is 17.4. The summed E-state index contributed by atoms with van der Waals surface area (Å²) in [4.78, 5) is 8.86. The van der Waals surface area contributed by atoms with Crippen molar-refractivity contribution in [2.45, 2.75) is 39.7 Å². The number of ether oxygens (including phenoxy) is 1. The summed E-state index contributed by atoms with van der Waals surface area (Å²) in [7, 11) is 0. The molecule has 154 valence electrons. The molecule has 0 saturated carbocycles. The molecular formula is C23H31N5O. The number of guanidine groups is 1. The molecule has 0 bridgehead atoms. The molecule has 0 spiro atoms. The third-order valence-electron chi connectivity index (χ3n) is 6.06. The van der Waals surface area contributed by atoms with E-state index in [4.69, 9.17) is 15.9 Å². The van der Waals surface area contributed by atoms with Gasteiger partial charge in [-0.1, -0.05) is 6.07 Å². The largest absolute Gasteiger partial charge is 0.493 e. The molecule has 1 saturated heterocycles. The van der Waals surface area contributed by atoms with E-state index in [-0.39, 0.29) is 5.96 Å². The molecule has 0 radical (unpaired) electrons. The molecule has 2 aliphatic rings. The first-order chi connectivity index (χ1) is 14.0. The first kappa shape index (κ1) is 19.6. The summed E-state index contributed by atoms with van der Waals surface area (Å²) in [5.41, 5.74) is 11.7. The van der Waals surface area contributed by atoms with Gasteiger partial charge in [-0.15, -0.1) is 0 Å². The van der Waals surface area contributed by atoms with Crippen molar-refractivity contribution in [3.63, 3.8) is 0 Å². The maximum atomic E-state index is 7.67. The Kier molecular flexibility index (Phi) is 5.60. The number of anilines is 1. The second-order valence-corrected chi connectivity index (χ2v) is 8.34. The highest BCUT2D eigenvalue weighted by atomic mass is 16.5. The Morgan fingerprint density at radius 3 is 2.52 bits per heavy atom. The van der Waals surface area contributed by atoms with Crippen LogP contribution in [-0.4, -0.2) is 42.1 Å². The molecule has 1 aromatic carbocycles. The van der Waals surface area contributed by atoms with Crippen LogP contribution in [0.25, 0.3) is 0 Å². The molecule has 3 heterocycles. The van der Waals surface area contributed by atoms with E-state index in [1.165, 1.54) is 16.8 Å². The van der Waals surface area contributed by atoms with Gasteiger partial charge < -0.3 is 20.3 Å². The molecule has 2 aromatic rings. The zero-order valence-electron chi connectivity index (χ0n) is 17.4. The number of nitrogens with one attached hydrogen (secondary N) is 1. The normalized spacial score (nSPS) is 17.2. The highest BCUT2D eigenvalue weighted by Gasteiger charge is 2.21. The first-order valence-corrected chi connectivity index (χ1v) is 10.5. The Bertz CT molecular complexity index is 869. The van der Waals surface area contributed by atoms with Crippen molar-refractivity contribution in [2.75, 3.05) is 31.1 Å². The van der Waals surface area contributed by atoms with E-state index in [2.05, 4.69) is 54.1 Å². The maximum Gasteiger partial charge on any atom is 0.188 e. The predicted molar refractivity (Wildman–Crippen MR) is 117 cm³/mol. The number of hydrogen-bond donors (Lipinski definition) is 2. The quantitative estimate of drug-likeness (QED) is 0.616. The molecule has 0 atom stereocenters. The van der Waals surface area contributed by atoms with Gasteiger partial charge in [0.2, 0.25) is 0 Å². The predicted octanol–water partition coefficient (Wildman–Crippen LogP) is 3.25. The van der Waals surface area contributed by atoms with Gasteiger partial charge in [0, 0.05) is 43.3 Å². The van der Waals surface area contributed by atoms with Gasteiger partial charge in [0.15, 0.2) is 5.96 Å². The zero-order chi connectivity index (χ0) is 20.4. The van der Waals surface area contributed by atoms with Crippen LogP contribution >= 0.6 is 0 Å². The standard InChI is InChI=1S/C23H31N5O/c1-16-11-21(12-17(2)26-16)27-8-5-18(6-9-27)15-29-22-4-3-19-7-10-28(23(24)25)14-20(19)13-22/h3-4,11-13,18H,5-10,14-15H2,1-2H3,(H3,24,25). The van der Waals surface area contributed by atoms with E-state index in [1.54, 1.807) is 0 Å². The van der Waals surface area contributed by atoms with Gasteiger partial charge in [0.05, 0.1) is 6.61 Å². The number of rotatable bonds is 4. The second-order valence-electron chi connectivity index (χ2n) is 8.34. The lowest BCUT2D eigenvalue weighted by molar-refractivity contribution is 0.222. The van der Waals surface area contributed by atoms with Crippen molar-refractivity contribution in [3.8, 4) is 5.75 Å². The summed E-state index contributed by atoms with van der Waals surface area (Å²) in [5, 5.41) is 7.67. The number of aryl methyl sites for hydroxylation is 2. The van der Waals surface area contributed by atoms with Crippen molar-refractivity contribution in [1.29, 1.82) is 5.41 Å². The summed E-state index contributed by atoms with van der Waals surface area (Å²) in [5.74, 6) is 1.66. The smallest absolute Gasteiger partial charge is 0.188 e. The molecule has 29 heavy (non-hydrogen) atoms. The molecule has 4 rings (SSSR count). The summed E-state index contributed by atoms with van der Waals surface area (Å²) in [6.07, 6.45) is 3.22. The average molecular weight is 394 g/mol. The fourth-order valence-corrected chi connectivity index (χ4v) is 4.40. The number of nitrogens with zero attached hydrogens (tertiary/aromatic N) is 3. The van der Waals surface area contributed by atoms with Gasteiger partial charge in [-0.3, -0.25) is 10.4 Å². The molecule has 3 N–H and O–H groups in total. The fourth-order valence-electron chi connectivity index (χ4n) is 4.40. The summed E-state index contributed by atoms with van der Waals surface area (Å²) >= 11 is 0. The topological polar surface area (TPSA) is 78.5 Å². The number of piperidine rings is 1. The molecule has 2 aliphatic heterocycles.